The number of rotatable bonds is 7. The van der Waals surface area contributed by atoms with Crippen molar-refractivity contribution in [1.29, 1.82) is 0 Å². The fourth-order valence-electron chi connectivity index (χ4n) is 3.15. The summed E-state index contributed by atoms with van der Waals surface area (Å²) in [5.74, 6) is -0.0797. The number of benzene rings is 1. The van der Waals surface area contributed by atoms with E-state index >= 15 is 0 Å². The average molecular weight is 356 g/mol. The Labute approximate surface area is 153 Å². The van der Waals surface area contributed by atoms with E-state index < -0.39 is 6.04 Å². The summed E-state index contributed by atoms with van der Waals surface area (Å²) in [4.78, 5) is 32.9. The smallest absolute Gasteiger partial charge is 0.245 e. The first kappa shape index (κ1) is 18.1. The molecule has 0 aliphatic carbocycles. The SMILES string of the molecule is COCCn1cncc1CN1C(=O)CN(Cc2ccccc2)C(=O)[C@H]1C. The van der Waals surface area contributed by atoms with Gasteiger partial charge in [-0.25, -0.2) is 4.98 Å². The third kappa shape index (κ3) is 3.94. The highest BCUT2D eigenvalue weighted by atomic mass is 16.5. The number of carbonyl (C=O) groups excluding carboxylic acids is 2. The number of amides is 2. The summed E-state index contributed by atoms with van der Waals surface area (Å²) in [5.41, 5.74) is 1.92. The molecule has 26 heavy (non-hydrogen) atoms. The van der Waals surface area contributed by atoms with Crippen LogP contribution in [0.5, 0.6) is 0 Å². The molecule has 0 saturated carbocycles. The van der Waals surface area contributed by atoms with Crippen molar-refractivity contribution in [3.63, 3.8) is 0 Å². The second kappa shape index (κ2) is 8.14. The number of hydrogen-bond acceptors (Lipinski definition) is 4. The van der Waals surface area contributed by atoms with Crippen molar-refractivity contribution >= 4 is 11.8 Å². The maximum atomic E-state index is 12.8. The number of ether oxygens (including phenoxy) is 1. The summed E-state index contributed by atoms with van der Waals surface area (Å²) in [6.07, 6.45) is 3.45. The Morgan fingerprint density at radius 1 is 1.19 bits per heavy atom. The first-order chi connectivity index (χ1) is 12.6. The van der Waals surface area contributed by atoms with Gasteiger partial charge >= 0.3 is 0 Å². The van der Waals surface area contributed by atoms with Crippen LogP contribution in [0.3, 0.4) is 0 Å². The fraction of sp³-hybridized carbons (Fsp3) is 0.421. The molecule has 7 heteroatoms. The second-order valence-electron chi connectivity index (χ2n) is 6.45. The lowest BCUT2D eigenvalue weighted by Crippen LogP contribution is -2.58. The van der Waals surface area contributed by atoms with Crippen LogP contribution in [0, 0.1) is 0 Å². The average Bonchev–Trinajstić information content (AvgIpc) is 3.09. The summed E-state index contributed by atoms with van der Waals surface area (Å²) in [6, 6.07) is 9.23. The highest BCUT2D eigenvalue weighted by molar-refractivity contribution is 5.94. The van der Waals surface area contributed by atoms with E-state index in [4.69, 9.17) is 4.74 Å². The number of carbonyl (C=O) groups is 2. The van der Waals surface area contributed by atoms with Crippen molar-refractivity contribution in [3.8, 4) is 0 Å². The Morgan fingerprint density at radius 3 is 2.69 bits per heavy atom. The Hall–Kier alpha value is -2.67. The van der Waals surface area contributed by atoms with E-state index in [2.05, 4.69) is 4.98 Å². The molecule has 0 radical (unpaired) electrons. The molecular weight excluding hydrogens is 332 g/mol. The molecule has 2 amide bonds. The molecule has 0 spiro atoms. The third-order valence-electron chi connectivity index (χ3n) is 4.67. The van der Waals surface area contributed by atoms with E-state index in [0.29, 0.717) is 26.2 Å². The molecule has 1 aliphatic rings. The minimum Gasteiger partial charge on any atom is -0.383 e. The molecule has 3 rings (SSSR count). The van der Waals surface area contributed by atoms with Gasteiger partial charge in [-0.3, -0.25) is 9.59 Å². The van der Waals surface area contributed by atoms with Crippen LogP contribution in [-0.2, 0) is 34.0 Å². The second-order valence-corrected chi connectivity index (χ2v) is 6.45. The standard InChI is InChI=1S/C19H24N4O3/c1-15-19(25)22(11-16-6-4-3-5-7-16)13-18(24)23(15)12-17-10-20-14-21(17)8-9-26-2/h3-7,10,14-15H,8-9,11-13H2,1-2H3/t15-/m1/s1. The van der Waals surface area contributed by atoms with Gasteiger partial charge in [0.25, 0.3) is 0 Å². The van der Waals surface area contributed by atoms with Gasteiger partial charge in [-0.15, -0.1) is 0 Å². The molecule has 1 aromatic heterocycles. The maximum Gasteiger partial charge on any atom is 0.245 e. The first-order valence-electron chi connectivity index (χ1n) is 8.70. The minimum atomic E-state index is -0.495. The van der Waals surface area contributed by atoms with E-state index in [-0.39, 0.29) is 18.4 Å². The molecule has 0 bridgehead atoms. The third-order valence-corrected chi connectivity index (χ3v) is 4.67. The molecule has 7 nitrogen and oxygen atoms in total. The zero-order valence-corrected chi connectivity index (χ0v) is 15.2. The molecule has 1 aromatic carbocycles. The topological polar surface area (TPSA) is 67.7 Å². The summed E-state index contributed by atoms with van der Waals surface area (Å²) in [6.45, 7) is 3.94. The van der Waals surface area contributed by atoms with Crippen molar-refractivity contribution in [3.05, 3.63) is 54.1 Å². The molecule has 0 N–H and O–H groups in total. The fourth-order valence-corrected chi connectivity index (χ4v) is 3.15. The predicted molar refractivity (Wildman–Crippen MR) is 96.0 cm³/mol. The van der Waals surface area contributed by atoms with E-state index in [1.54, 1.807) is 36.4 Å². The van der Waals surface area contributed by atoms with Gasteiger partial charge in [-0.1, -0.05) is 30.3 Å². The van der Waals surface area contributed by atoms with Gasteiger partial charge in [0.2, 0.25) is 11.8 Å². The van der Waals surface area contributed by atoms with Crippen LogP contribution in [0.2, 0.25) is 0 Å². The Kier molecular flexibility index (Phi) is 5.68. The normalized spacial score (nSPS) is 17.8. The van der Waals surface area contributed by atoms with Crippen molar-refractivity contribution in [2.75, 3.05) is 20.3 Å². The van der Waals surface area contributed by atoms with E-state index in [1.165, 1.54) is 0 Å². The van der Waals surface area contributed by atoms with Gasteiger partial charge < -0.3 is 19.1 Å². The quantitative estimate of drug-likeness (QED) is 0.750. The number of hydrogen-bond donors (Lipinski definition) is 0. The molecule has 138 valence electrons. The van der Waals surface area contributed by atoms with Crippen LogP contribution >= 0.6 is 0 Å². The van der Waals surface area contributed by atoms with Crippen LogP contribution in [0.15, 0.2) is 42.9 Å². The number of aromatic nitrogens is 2. The van der Waals surface area contributed by atoms with Gasteiger partial charge in [0.05, 0.1) is 25.2 Å². The van der Waals surface area contributed by atoms with Gasteiger partial charge in [-0.05, 0) is 12.5 Å². The van der Waals surface area contributed by atoms with Gasteiger partial charge in [0.1, 0.15) is 12.6 Å². The Balaban J connectivity index is 1.69. The summed E-state index contributed by atoms with van der Waals surface area (Å²) in [7, 11) is 1.65. The van der Waals surface area contributed by atoms with Crippen LogP contribution in [0.1, 0.15) is 18.2 Å². The van der Waals surface area contributed by atoms with Crippen molar-refractivity contribution in [2.45, 2.75) is 32.6 Å². The number of nitrogens with zero attached hydrogens (tertiary/aromatic N) is 4. The van der Waals surface area contributed by atoms with Crippen molar-refractivity contribution < 1.29 is 14.3 Å². The molecular formula is C19H24N4O3. The number of imidazole rings is 1. The first-order valence-corrected chi connectivity index (χ1v) is 8.70. The van der Waals surface area contributed by atoms with Gasteiger partial charge in [0, 0.05) is 26.4 Å². The minimum absolute atomic E-state index is 0.0311. The lowest BCUT2D eigenvalue weighted by molar-refractivity contribution is -0.156. The van der Waals surface area contributed by atoms with Crippen LogP contribution < -0.4 is 0 Å². The molecule has 1 aliphatic heterocycles. The van der Waals surface area contributed by atoms with E-state index in [9.17, 15) is 9.59 Å². The predicted octanol–water partition coefficient (Wildman–Crippen LogP) is 1.29. The highest BCUT2D eigenvalue weighted by Gasteiger charge is 2.36. The summed E-state index contributed by atoms with van der Waals surface area (Å²) >= 11 is 0. The lowest BCUT2D eigenvalue weighted by atomic mass is 10.1. The zero-order valence-electron chi connectivity index (χ0n) is 15.2. The number of piperazine rings is 1. The Morgan fingerprint density at radius 2 is 1.96 bits per heavy atom. The molecule has 1 saturated heterocycles. The maximum absolute atomic E-state index is 12.8. The monoisotopic (exact) mass is 356 g/mol. The molecule has 0 unspecified atom stereocenters. The summed E-state index contributed by atoms with van der Waals surface area (Å²) < 4.78 is 7.05. The van der Waals surface area contributed by atoms with Crippen LogP contribution in [0.25, 0.3) is 0 Å². The van der Waals surface area contributed by atoms with Crippen LogP contribution in [-0.4, -0.2) is 57.5 Å². The molecule has 2 aromatic rings. The molecule has 1 atom stereocenters. The molecule has 1 fully saturated rings. The largest absolute Gasteiger partial charge is 0.383 e. The zero-order chi connectivity index (χ0) is 18.5. The van der Waals surface area contributed by atoms with Crippen molar-refractivity contribution in [2.24, 2.45) is 0 Å². The highest BCUT2D eigenvalue weighted by Crippen LogP contribution is 2.18. The number of methoxy groups -OCH3 is 1. The van der Waals surface area contributed by atoms with E-state index in [1.807, 2.05) is 34.9 Å². The summed E-state index contributed by atoms with van der Waals surface area (Å²) in [5, 5.41) is 0. The van der Waals surface area contributed by atoms with Crippen LogP contribution in [0.4, 0.5) is 0 Å². The molecule has 2 heterocycles. The Bertz CT molecular complexity index is 759. The van der Waals surface area contributed by atoms with Gasteiger partial charge in [0.15, 0.2) is 0 Å². The lowest BCUT2D eigenvalue weighted by Gasteiger charge is -2.38. The van der Waals surface area contributed by atoms with E-state index in [0.717, 1.165) is 11.3 Å². The van der Waals surface area contributed by atoms with Gasteiger partial charge in [-0.2, -0.15) is 0 Å². The van der Waals surface area contributed by atoms with Crippen molar-refractivity contribution in [1.82, 2.24) is 19.4 Å².